The van der Waals surface area contributed by atoms with Crippen molar-refractivity contribution in [2.45, 2.75) is 20.3 Å². The molecule has 0 fully saturated rings. The fraction of sp³-hybridized carbons (Fsp3) is 0.143. The Morgan fingerprint density at radius 2 is 1.30 bits per heavy atom. The van der Waals surface area contributed by atoms with Crippen molar-refractivity contribution in [1.82, 2.24) is 0 Å². The highest BCUT2D eigenvalue weighted by molar-refractivity contribution is 5.74. The zero-order valence-corrected chi connectivity index (χ0v) is 13.6. The van der Waals surface area contributed by atoms with E-state index in [1.54, 1.807) is 0 Å². The van der Waals surface area contributed by atoms with E-state index in [9.17, 15) is 0 Å². The lowest BCUT2D eigenvalue weighted by Crippen LogP contribution is -1.98. The Kier molecular flexibility index (Phi) is 4.07. The molecule has 0 heterocycles. The van der Waals surface area contributed by atoms with Crippen LogP contribution < -0.4 is 11.5 Å². The fourth-order valence-electron chi connectivity index (χ4n) is 3.03. The molecular weight excluding hydrogens is 280 g/mol. The number of hydrogen-bond acceptors (Lipinski definition) is 2. The second-order valence-electron chi connectivity index (χ2n) is 6.09. The van der Waals surface area contributed by atoms with Crippen LogP contribution in [0.4, 0.5) is 11.4 Å². The van der Waals surface area contributed by atoms with E-state index in [2.05, 4.69) is 56.3 Å². The predicted molar refractivity (Wildman–Crippen MR) is 99.4 cm³/mol. The standard InChI is InChI=1S/C21H22N2/c1-14-5-3-4-6-16(14)12-17-13-19(23)8-10-21(17)20-9-7-18(22)11-15(20)2/h3-11,13H,12,22-23H2,1-2H3. The van der Waals surface area contributed by atoms with Gasteiger partial charge in [0.25, 0.3) is 0 Å². The highest BCUT2D eigenvalue weighted by Crippen LogP contribution is 2.31. The van der Waals surface area contributed by atoms with Crippen molar-refractivity contribution in [3.63, 3.8) is 0 Å². The minimum absolute atomic E-state index is 0.794. The molecule has 0 aromatic heterocycles. The molecule has 2 heteroatoms. The summed E-state index contributed by atoms with van der Waals surface area (Å²) >= 11 is 0. The molecular formula is C21H22N2. The van der Waals surface area contributed by atoms with Crippen molar-refractivity contribution in [3.05, 3.63) is 82.9 Å². The lowest BCUT2D eigenvalue weighted by atomic mass is 9.91. The first-order valence-corrected chi connectivity index (χ1v) is 7.84. The summed E-state index contributed by atoms with van der Waals surface area (Å²) in [5, 5.41) is 0. The summed E-state index contributed by atoms with van der Waals surface area (Å²) in [6.45, 7) is 4.25. The van der Waals surface area contributed by atoms with Gasteiger partial charge in [-0.2, -0.15) is 0 Å². The van der Waals surface area contributed by atoms with Crippen LogP contribution in [-0.4, -0.2) is 0 Å². The average molecular weight is 302 g/mol. The first-order valence-electron chi connectivity index (χ1n) is 7.84. The van der Waals surface area contributed by atoms with Crippen molar-refractivity contribution in [1.29, 1.82) is 0 Å². The van der Waals surface area contributed by atoms with Gasteiger partial charge in [-0.05, 0) is 77.9 Å². The minimum Gasteiger partial charge on any atom is -0.399 e. The van der Waals surface area contributed by atoms with Gasteiger partial charge in [-0.3, -0.25) is 0 Å². The van der Waals surface area contributed by atoms with E-state index < -0.39 is 0 Å². The average Bonchev–Trinajstić information content (AvgIpc) is 2.51. The number of rotatable bonds is 3. The van der Waals surface area contributed by atoms with Crippen LogP contribution in [0.1, 0.15) is 22.3 Å². The highest BCUT2D eigenvalue weighted by Gasteiger charge is 2.10. The molecule has 116 valence electrons. The predicted octanol–water partition coefficient (Wildman–Crippen LogP) is 4.73. The van der Waals surface area contributed by atoms with Crippen LogP contribution in [0.25, 0.3) is 11.1 Å². The Hall–Kier alpha value is -2.74. The highest BCUT2D eigenvalue weighted by atomic mass is 14.5. The molecule has 0 aliphatic carbocycles. The summed E-state index contributed by atoms with van der Waals surface area (Å²) in [6.07, 6.45) is 0.872. The summed E-state index contributed by atoms with van der Waals surface area (Å²) in [7, 11) is 0. The maximum atomic E-state index is 6.04. The number of nitrogens with two attached hydrogens (primary N) is 2. The Morgan fingerprint density at radius 1 is 0.652 bits per heavy atom. The third-order valence-corrected chi connectivity index (χ3v) is 4.31. The number of anilines is 2. The van der Waals surface area contributed by atoms with E-state index in [1.165, 1.54) is 33.4 Å². The maximum Gasteiger partial charge on any atom is 0.0317 e. The first kappa shape index (κ1) is 15.2. The van der Waals surface area contributed by atoms with Crippen LogP contribution >= 0.6 is 0 Å². The van der Waals surface area contributed by atoms with E-state index in [4.69, 9.17) is 11.5 Å². The smallest absolute Gasteiger partial charge is 0.0317 e. The SMILES string of the molecule is Cc1ccccc1Cc1cc(N)ccc1-c1ccc(N)cc1C. The van der Waals surface area contributed by atoms with E-state index in [0.29, 0.717) is 0 Å². The summed E-state index contributed by atoms with van der Waals surface area (Å²) in [5.74, 6) is 0. The van der Waals surface area contributed by atoms with Gasteiger partial charge in [0.15, 0.2) is 0 Å². The van der Waals surface area contributed by atoms with Crippen molar-refractivity contribution in [2.75, 3.05) is 11.5 Å². The van der Waals surface area contributed by atoms with Gasteiger partial charge in [-0.25, -0.2) is 0 Å². The second kappa shape index (κ2) is 6.17. The Labute approximate surface area is 137 Å². The number of aryl methyl sites for hydroxylation is 2. The molecule has 2 nitrogen and oxygen atoms in total. The second-order valence-corrected chi connectivity index (χ2v) is 6.09. The Balaban J connectivity index is 2.10. The Bertz CT molecular complexity index is 850. The van der Waals surface area contributed by atoms with Crippen molar-refractivity contribution in [2.24, 2.45) is 0 Å². The van der Waals surface area contributed by atoms with Gasteiger partial charge < -0.3 is 11.5 Å². The molecule has 0 atom stereocenters. The van der Waals surface area contributed by atoms with E-state index in [1.807, 2.05) is 18.2 Å². The monoisotopic (exact) mass is 302 g/mol. The Morgan fingerprint density at radius 3 is 2.00 bits per heavy atom. The van der Waals surface area contributed by atoms with Gasteiger partial charge in [0.1, 0.15) is 0 Å². The van der Waals surface area contributed by atoms with Gasteiger partial charge in [0.2, 0.25) is 0 Å². The van der Waals surface area contributed by atoms with Crippen LogP contribution in [-0.2, 0) is 6.42 Å². The first-order chi connectivity index (χ1) is 11.0. The quantitative estimate of drug-likeness (QED) is 0.687. The molecule has 3 rings (SSSR count). The zero-order valence-electron chi connectivity index (χ0n) is 13.6. The third-order valence-electron chi connectivity index (χ3n) is 4.31. The molecule has 0 spiro atoms. The normalized spacial score (nSPS) is 10.7. The van der Waals surface area contributed by atoms with Crippen LogP contribution in [0.3, 0.4) is 0 Å². The zero-order chi connectivity index (χ0) is 16.4. The van der Waals surface area contributed by atoms with Gasteiger partial charge >= 0.3 is 0 Å². The summed E-state index contributed by atoms with van der Waals surface area (Å²) in [5.41, 5.74) is 21.0. The van der Waals surface area contributed by atoms with Gasteiger partial charge in [-0.15, -0.1) is 0 Å². The van der Waals surface area contributed by atoms with Crippen LogP contribution in [0.5, 0.6) is 0 Å². The molecule has 0 radical (unpaired) electrons. The van der Waals surface area contributed by atoms with E-state index in [-0.39, 0.29) is 0 Å². The van der Waals surface area contributed by atoms with Crippen LogP contribution in [0.2, 0.25) is 0 Å². The topological polar surface area (TPSA) is 52.0 Å². The molecule has 3 aromatic rings. The number of benzene rings is 3. The summed E-state index contributed by atoms with van der Waals surface area (Å²) < 4.78 is 0. The molecule has 0 aliphatic rings. The van der Waals surface area contributed by atoms with Gasteiger partial charge in [0, 0.05) is 11.4 Å². The van der Waals surface area contributed by atoms with E-state index in [0.717, 1.165) is 17.8 Å². The van der Waals surface area contributed by atoms with Crippen LogP contribution in [0, 0.1) is 13.8 Å². The summed E-state index contributed by atoms with van der Waals surface area (Å²) in [6, 6.07) is 20.7. The lowest BCUT2D eigenvalue weighted by molar-refractivity contribution is 1.16. The largest absolute Gasteiger partial charge is 0.399 e. The maximum absolute atomic E-state index is 6.04. The third kappa shape index (κ3) is 3.21. The lowest BCUT2D eigenvalue weighted by Gasteiger charge is -2.15. The molecule has 23 heavy (non-hydrogen) atoms. The van der Waals surface area contributed by atoms with E-state index >= 15 is 0 Å². The summed E-state index contributed by atoms with van der Waals surface area (Å²) in [4.78, 5) is 0. The van der Waals surface area contributed by atoms with Crippen molar-refractivity contribution < 1.29 is 0 Å². The van der Waals surface area contributed by atoms with Crippen molar-refractivity contribution in [3.8, 4) is 11.1 Å². The molecule has 3 aromatic carbocycles. The molecule has 0 aliphatic heterocycles. The number of nitrogen functional groups attached to an aromatic ring is 2. The van der Waals surface area contributed by atoms with Gasteiger partial charge in [-0.1, -0.05) is 36.4 Å². The molecule has 0 unspecified atom stereocenters. The fourth-order valence-corrected chi connectivity index (χ4v) is 3.03. The molecule has 0 saturated carbocycles. The molecule has 0 amide bonds. The minimum atomic E-state index is 0.794. The molecule has 4 N–H and O–H groups in total. The number of hydrogen-bond donors (Lipinski definition) is 2. The van der Waals surface area contributed by atoms with Gasteiger partial charge in [0.05, 0.1) is 0 Å². The molecule has 0 saturated heterocycles. The molecule has 0 bridgehead atoms. The van der Waals surface area contributed by atoms with Crippen molar-refractivity contribution >= 4 is 11.4 Å². The van der Waals surface area contributed by atoms with Crippen LogP contribution in [0.15, 0.2) is 60.7 Å².